The first kappa shape index (κ1) is 17.5. The SMILES string of the molecule is CCC1CCC(NC(=O)c2ccc(COC)cc2)(C(=O)O)CC1. The largest absolute Gasteiger partial charge is 0.480 e. The predicted molar refractivity (Wildman–Crippen MR) is 87.2 cm³/mol. The number of rotatable bonds is 6. The van der Waals surface area contributed by atoms with Gasteiger partial charge < -0.3 is 15.2 Å². The van der Waals surface area contributed by atoms with E-state index in [-0.39, 0.29) is 5.91 Å². The Kier molecular flexibility index (Phi) is 5.77. The number of methoxy groups -OCH3 is 1. The monoisotopic (exact) mass is 319 g/mol. The zero-order valence-corrected chi connectivity index (χ0v) is 13.8. The van der Waals surface area contributed by atoms with Crippen molar-refractivity contribution in [3.8, 4) is 0 Å². The van der Waals surface area contributed by atoms with Crippen LogP contribution in [0.2, 0.25) is 0 Å². The van der Waals surface area contributed by atoms with Crippen LogP contribution in [0, 0.1) is 5.92 Å². The molecule has 0 aliphatic heterocycles. The minimum atomic E-state index is -1.13. The van der Waals surface area contributed by atoms with E-state index in [0.29, 0.717) is 30.9 Å². The van der Waals surface area contributed by atoms with E-state index in [0.717, 1.165) is 24.8 Å². The fourth-order valence-corrected chi connectivity index (χ4v) is 3.18. The van der Waals surface area contributed by atoms with Gasteiger partial charge in [-0.2, -0.15) is 0 Å². The summed E-state index contributed by atoms with van der Waals surface area (Å²) in [6.45, 7) is 2.61. The first-order valence-electron chi connectivity index (χ1n) is 8.14. The molecule has 0 spiro atoms. The highest BCUT2D eigenvalue weighted by Gasteiger charge is 2.43. The molecular weight excluding hydrogens is 294 g/mol. The van der Waals surface area contributed by atoms with Crippen molar-refractivity contribution in [1.29, 1.82) is 0 Å². The molecule has 2 N–H and O–H groups in total. The van der Waals surface area contributed by atoms with Crippen LogP contribution in [0.15, 0.2) is 24.3 Å². The van der Waals surface area contributed by atoms with Gasteiger partial charge >= 0.3 is 5.97 Å². The molecule has 1 aliphatic rings. The molecule has 0 atom stereocenters. The molecular formula is C18H25NO4. The van der Waals surface area contributed by atoms with Crippen molar-refractivity contribution in [2.45, 2.75) is 51.2 Å². The first-order chi connectivity index (χ1) is 11.0. The van der Waals surface area contributed by atoms with E-state index in [1.165, 1.54) is 0 Å². The van der Waals surface area contributed by atoms with Crippen molar-refractivity contribution in [3.05, 3.63) is 35.4 Å². The molecule has 1 aromatic rings. The lowest BCUT2D eigenvalue weighted by atomic mass is 9.75. The number of carboxylic acids is 1. The number of carbonyl (C=O) groups excluding carboxylic acids is 1. The maximum atomic E-state index is 12.4. The van der Waals surface area contributed by atoms with E-state index >= 15 is 0 Å². The van der Waals surface area contributed by atoms with Gasteiger partial charge in [0.05, 0.1) is 6.61 Å². The van der Waals surface area contributed by atoms with Crippen LogP contribution in [0.4, 0.5) is 0 Å². The van der Waals surface area contributed by atoms with Crippen molar-refractivity contribution < 1.29 is 19.4 Å². The topological polar surface area (TPSA) is 75.6 Å². The fourth-order valence-electron chi connectivity index (χ4n) is 3.18. The second-order valence-electron chi connectivity index (χ2n) is 6.32. The van der Waals surface area contributed by atoms with E-state index in [9.17, 15) is 14.7 Å². The third kappa shape index (κ3) is 4.10. The number of ether oxygens (including phenoxy) is 1. The van der Waals surface area contributed by atoms with Crippen LogP contribution in [-0.4, -0.2) is 29.6 Å². The van der Waals surface area contributed by atoms with Crippen molar-refractivity contribution in [3.63, 3.8) is 0 Å². The van der Waals surface area contributed by atoms with Gasteiger partial charge in [-0.25, -0.2) is 4.79 Å². The summed E-state index contributed by atoms with van der Waals surface area (Å²) in [6, 6.07) is 7.05. The summed E-state index contributed by atoms with van der Waals surface area (Å²) in [5.41, 5.74) is 0.317. The quantitative estimate of drug-likeness (QED) is 0.845. The molecule has 0 unspecified atom stereocenters. The van der Waals surface area contributed by atoms with E-state index < -0.39 is 11.5 Å². The van der Waals surface area contributed by atoms with Gasteiger partial charge in [-0.15, -0.1) is 0 Å². The molecule has 0 heterocycles. The zero-order chi connectivity index (χ0) is 16.9. The van der Waals surface area contributed by atoms with Crippen molar-refractivity contribution in [2.75, 3.05) is 7.11 Å². The molecule has 1 fully saturated rings. The number of benzene rings is 1. The Labute approximate surface area is 137 Å². The maximum Gasteiger partial charge on any atom is 0.329 e. The minimum Gasteiger partial charge on any atom is -0.480 e. The average Bonchev–Trinajstić information content (AvgIpc) is 2.56. The number of carbonyl (C=O) groups is 2. The maximum absolute atomic E-state index is 12.4. The molecule has 5 nitrogen and oxygen atoms in total. The van der Waals surface area contributed by atoms with Gasteiger partial charge in [-0.3, -0.25) is 4.79 Å². The standard InChI is InChI=1S/C18H25NO4/c1-3-13-8-10-18(11-9-13,17(21)22)19-16(20)15-6-4-14(5-7-15)12-23-2/h4-7,13H,3,8-12H2,1-2H3,(H,19,20)(H,21,22). The highest BCUT2D eigenvalue weighted by atomic mass is 16.5. The number of nitrogens with one attached hydrogen (secondary N) is 1. The molecule has 1 aromatic carbocycles. The summed E-state index contributed by atoms with van der Waals surface area (Å²) in [5.74, 6) is -0.699. The number of hydrogen-bond acceptors (Lipinski definition) is 3. The normalized spacial score (nSPS) is 24.2. The van der Waals surface area contributed by atoms with Crippen LogP contribution in [0.5, 0.6) is 0 Å². The number of amides is 1. The highest BCUT2D eigenvalue weighted by molar-refractivity contribution is 5.97. The van der Waals surface area contributed by atoms with Crippen LogP contribution in [-0.2, 0) is 16.1 Å². The van der Waals surface area contributed by atoms with Gasteiger partial charge in [0.25, 0.3) is 5.91 Å². The van der Waals surface area contributed by atoms with Crippen LogP contribution < -0.4 is 5.32 Å². The summed E-state index contributed by atoms with van der Waals surface area (Å²) in [6.07, 6.45) is 3.74. The zero-order valence-electron chi connectivity index (χ0n) is 13.8. The van der Waals surface area contributed by atoms with E-state index in [1.807, 2.05) is 12.1 Å². The fraction of sp³-hybridized carbons (Fsp3) is 0.556. The second-order valence-corrected chi connectivity index (χ2v) is 6.32. The number of hydrogen-bond donors (Lipinski definition) is 2. The van der Waals surface area contributed by atoms with Gasteiger partial charge in [0, 0.05) is 12.7 Å². The Balaban J connectivity index is 2.08. The Bertz CT molecular complexity index is 545. The summed E-state index contributed by atoms with van der Waals surface area (Å²) in [7, 11) is 1.61. The van der Waals surface area contributed by atoms with Gasteiger partial charge in [-0.1, -0.05) is 25.5 Å². The Morgan fingerprint density at radius 3 is 2.35 bits per heavy atom. The molecule has 0 aromatic heterocycles. The highest BCUT2D eigenvalue weighted by Crippen LogP contribution is 2.34. The minimum absolute atomic E-state index is 0.327. The predicted octanol–water partition coefficient (Wildman–Crippen LogP) is 2.99. The summed E-state index contributed by atoms with van der Waals surface area (Å²) in [4.78, 5) is 24.2. The molecule has 2 rings (SSSR count). The molecule has 0 bridgehead atoms. The van der Waals surface area contributed by atoms with Crippen LogP contribution in [0.1, 0.15) is 54.9 Å². The molecule has 1 saturated carbocycles. The number of carboxylic acid groups (broad SMARTS) is 1. The van der Waals surface area contributed by atoms with Gasteiger partial charge in [-0.05, 0) is 49.3 Å². The molecule has 126 valence electrons. The molecule has 1 aliphatic carbocycles. The van der Waals surface area contributed by atoms with Gasteiger partial charge in [0.1, 0.15) is 5.54 Å². The summed E-state index contributed by atoms with van der Waals surface area (Å²) >= 11 is 0. The Morgan fingerprint density at radius 2 is 1.87 bits per heavy atom. The average molecular weight is 319 g/mol. The second kappa shape index (κ2) is 7.59. The third-order valence-corrected chi connectivity index (χ3v) is 4.83. The van der Waals surface area contributed by atoms with Gasteiger partial charge in [0.15, 0.2) is 0 Å². The third-order valence-electron chi connectivity index (χ3n) is 4.83. The Hall–Kier alpha value is -1.88. The lowest BCUT2D eigenvalue weighted by molar-refractivity contribution is -0.146. The van der Waals surface area contributed by atoms with Crippen LogP contribution >= 0.6 is 0 Å². The van der Waals surface area contributed by atoms with Crippen molar-refractivity contribution in [1.82, 2.24) is 5.32 Å². The molecule has 0 saturated heterocycles. The first-order valence-corrected chi connectivity index (χ1v) is 8.14. The summed E-state index contributed by atoms with van der Waals surface area (Å²) < 4.78 is 5.04. The number of aliphatic carboxylic acids is 1. The van der Waals surface area contributed by atoms with Crippen molar-refractivity contribution >= 4 is 11.9 Å². The van der Waals surface area contributed by atoms with E-state index in [2.05, 4.69) is 12.2 Å². The molecule has 1 amide bonds. The van der Waals surface area contributed by atoms with Crippen LogP contribution in [0.3, 0.4) is 0 Å². The van der Waals surface area contributed by atoms with Crippen LogP contribution in [0.25, 0.3) is 0 Å². The van der Waals surface area contributed by atoms with Crippen molar-refractivity contribution in [2.24, 2.45) is 5.92 Å². The van der Waals surface area contributed by atoms with E-state index in [1.54, 1.807) is 19.2 Å². The van der Waals surface area contributed by atoms with E-state index in [4.69, 9.17) is 4.74 Å². The van der Waals surface area contributed by atoms with Gasteiger partial charge in [0.2, 0.25) is 0 Å². The molecule has 0 radical (unpaired) electrons. The lowest BCUT2D eigenvalue weighted by Gasteiger charge is -2.37. The molecule has 5 heteroatoms. The lowest BCUT2D eigenvalue weighted by Crippen LogP contribution is -2.56. The summed E-state index contributed by atoms with van der Waals surface area (Å²) in [5, 5.41) is 12.4. The molecule has 23 heavy (non-hydrogen) atoms. The smallest absolute Gasteiger partial charge is 0.329 e. The Morgan fingerprint density at radius 1 is 1.26 bits per heavy atom.